The third kappa shape index (κ3) is 7.03. The number of halogens is 3. The van der Waals surface area contributed by atoms with E-state index in [0.717, 1.165) is 27.2 Å². The van der Waals surface area contributed by atoms with Gasteiger partial charge in [-0.1, -0.05) is 54.6 Å². The lowest BCUT2D eigenvalue weighted by Gasteiger charge is -2.45. The molecule has 1 aromatic heterocycles. The quantitative estimate of drug-likeness (QED) is 0.307. The van der Waals surface area contributed by atoms with Crippen molar-refractivity contribution in [3.63, 3.8) is 0 Å². The van der Waals surface area contributed by atoms with Crippen LogP contribution in [0.1, 0.15) is 42.7 Å². The number of piperidine rings is 1. The van der Waals surface area contributed by atoms with Crippen LogP contribution in [0.5, 0.6) is 0 Å². The number of methoxy groups -OCH3 is 1. The molecule has 10 heteroatoms. The number of amides is 1. The second-order valence-electron chi connectivity index (χ2n) is 11.7. The summed E-state index contributed by atoms with van der Waals surface area (Å²) in [6.45, 7) is 1.81. The molecule has 1 amide bonds. The molecule has 2 aliphatic rings. The zero-order valence-corrected chi connectivity index (χ0v) is 24.0. The summed E-state index contributed by atoms with van der Waals surface area (Å²) in [5, 5.41) is 4.26. The molecule has 1 saturated heterocycles. The van der Waals surface area contributed by atoms with Crippen molar-refractivity contribution in [2.24, 2.45) is 12.5 Å². The number of hydrogen-bond acceptors (Lipinski definition) is 5. The topological polar surface area (TPSA) is 67.7 Å². The maximum atomic E-state index is 14.0. The Bertz CT molecular complexity index is 1380. The molecule has 2 aromatic carbocycles. The van der Waals surface area contributed by atoms with Crippen molar-refractivity contribution in [3.8, 4) is 11.1 Å². The van der Waals surface area contributed by atoms with E-state index in [1.165, 1.54) is 7.11 Å². The zero-order valence-electron chi connectivity index (χ0n) is 24.0. The van der Waals surface area contributed by atoms with Gasteiger partial charge in [-0.05, 0) is 60.9 Å². The maximum absolute atomic E-state index is 14.0. The average Bonchev–Trinajstić information content (AvgIpc) is 3.66. The third-order valence-corrected chi connectivity index (χ3v) is 8.71. The van der Waals surface area contributed by atoms with Gasteiger partial charge in [-0.15, -0.1) is 0 Å². The van der Waals surface area contributed by atoms with Gasteiger partial charge in [-0.25, -0.2) is 0 Å². The van der Waals surface area contributed by atoms with Crippen molar-refractivity contribution < 1.29 is 27.5 Å². The highest BCUT2D eigenvalue weighted by atomic mass is 19.4. The lowest BCUT2D eigenvalue weighted by atomic mass is 9.73. The molecule has 0 spiro atoms. The largest absolute Gasteiger partial charge is 0.471 e. The molecule has 224 valence electrons. The van der Waals surface area contributed by atoms with Crippen LogP contribution in [0.2, 0.25) is 0 Å². The van der Waals surface area contributed by atoms with E-state index in [2.05, 4.69) is 16.1 Å². The molecule has 0 bridgehead atoms. The van der Waals surface area contributed by atoms with Gasteiger partial charge < -0.3 is 14.5 Å². The summed E-state index contributed by atoms with van der Waals surface area (Å²) >= 11 is 0. The Morgan fingerprint density at radius 2 is 1.81 bits per heavy atom. The van der Waals surface area contributed by atoms with Crippen LogP contribution in [0, 0.1) is 5.41 Å². The SMILES string of the molecule is COC(=O)CCN1CCC(Cc2cccc(-c3cnn(C)c3)c2)(CN(C(=O)C(F)(F)F)C2CC2c2ccccc2)CC1. The summed E-state index contributed by atoms with van der Waals surface area (Å²) in [7, 11) is 3.21. The number of esters is 1. The van der Waals surface area contributed by atoms with E-state index in [9.17, 15) is 22.8 Å². The van der Waals surface area contributed by atoms with E-state index in [1.807, 2.05) is 61.8 Å². The Morgan fingerprint density at radius 1 is 1.07 bits per heavy atom. The van der Waals surface area contributed by atoms with Crippen LogP contribution in [-0.4, -0.2) is 77.0 Å². The molecule has 2 atom stereocenters. The highest BCUT2D eigenvalue weighted by molar-refractivity contribution is 5.82. The van der Waals surface area contributed by atoms with Crippen LogP contribution < -0.4 is 0 Å². The van der Waals surface area contributed by atoms with Crippen molar-refractivity contribution >= 4 is 11.9 Å². The van der Waals surface area contributed by atoms with E-state index in [0.29, 0.717) is 45.3 Å². The molecule has 2 fully saturated rings. The van der Waals surface area contributed by atoms with Crippen molar-refractivity contribution in [1.82, 2.24) is 19.6 Å². The van der Waals surface area contributed by atoms with Crippen molar-refractivity contribution in [3.05, 3.63) is 78.1 Å². The number of ether oxygens (including phenoxy) is 1. The van der Waals surface area contributed by atoms with Gasteiger partial charge in [0.05, 0.1) is 19.7 Å². The van der Waals surface area contributed by atoms with Gasteiger partial charge in [0.2, 0.25) is 0 Å². The zero-order chi connectivity index (χ0) is 29.9. The molecule has 3 aromatic rings. The number of aromatic nitrogens is 2. The summed E-state index contributed by atoms with van der Waals surface area (Å²) in [6.07, 6.45) is 1.29. The molecule has 2 unspecified atom stereocenters. The average molecular weight is 583 g/mol. The second-order valence-corrected chi connectivity index (χ2v) is 11.7. The smallest absolute Gasteiger partial charge is 0.469 e. The number of hydrogen-bond donors (Lipinski definition) is 0. The Hall–Kier alpha value is -3.66. The van der Waals surface area contributed by atoms with Crippen molar-refractivity contribution in [2.45, 2.75) is 50.2 Å². The molecule has 1 saturated carbocycles. The monoisotopic (exact) mass is 582 g/mol. The summed E-state index contributed by atoms with van der Waals surface area (Å²) in [5.74, 6) is -2.16. The normalized spacial score (nSPS) is 20.2. The predicted molar refractivity (Wildman–Crippen MR) is 152 cm³/mol. The Labute approximate surface area is 244 Å². The lowest BCUT2D eigenvalue weighted by molar-refractivity contribution is -0.188. The molecule has 5 rings (SSSR count). The van der Waals surface area contributed by atoms with Gasteiger partial charge >= 0.3 is 18.1 Å². The fraction of sp³-hybridized carbons (Fsp3) is 0.469. The van der Waals surface area contributed by atoms with Crippen LogP contribution in [0.25, 0.3) is 11.1 Å². The fourth-order valence-corrected chi connectivity index (χ4v) is 6.31. The number of nitrogens with zero attached hydrogens (tertiary/aromatic N) is 4. The first-order chi connectivity index (χ1) is 20.1. The molecule has 1 aliphatic heterocycles. The fourth-order valence-electron chi connectivity index (χ4n) is 6.31. The van der Waals surface area contributed by atoms with Crippen LogP contribution in [0.15, 0.2) is 67.0 Å². The summed E-state index contributed by atoms with van der Waals surface area (Å²) in [6, 6.07) is 17.0. The minimum Gasteiger partial charge on any atom is -0.469 e. The summed E-state index contributed by atoms with van der Waals surface area (Å²) < 4.78 is 48.5. The van der Waals surface area contributed by atoms with E-state index in [-0.39, 0.29) is 24.9 Å². The van der Waals surface area contributed by atoms with Gasteiger partial charge in [-0.2, -0.15) is 18.3 Å². The van der Waals surface area contributed by atoms with Crippen LogP contribution in [-0.2, 0) is 27.8 Å². The molecule has 42 heavy (non-hydrogen) atoms. The van der Waals surface area contributed by atoms with E-state index in [1.54, 1.807) is 10.9 Å². The number of likely N-dealkylation sites (tertiary alicyclic amines) is 1. The van der Waals surface area contributed by atoms with Crippen LogP contribution in [0.4, 0.5) is 13.2 Å². The Kier molecular flexibility index (Phi) is 8.73. The number of carbonyl (C=O) groups is 2. The Balaban J connectivity index is 1.42. The van der Waals surface area contributed by atoms with E-state index in [4.69, 9.17) is 4.74 Å². The number of benzene rings is 2. The minimum absolute atomic E-state index is 0.0291. The van der Waals surface area contributed by atoms with Crippen molar-refractivity contribution in [1.29, 1.82) is 0 Å². The maximum Gasteiger partial charge on any atom is 0.471 e. The molecule has 0 N–H and O–H groups in total. The number of aryl methyl sites for hydroxylation is 1. The van der Waals surface area contributed by atoms with Gasteiger partial charge in [-0.3, -0.25) is 14.3 Å². The van der Waals surface area contributed by atoms with E-state index < -0.39 is 23.5 Å². The predicted octanol–water partition coefficient (Wildman–Crippen LogP) is 5.22. The van der Waals surface area contributed by atoms with Gasteiger partial charge in [0, 0.05) is 43.9 Å². The van der Waals surface area contributed by atoms with Crippen LogP contribution >= 0.6 is 0 Å². The van der Waals surface area contributed by atoms with Gasteiger partial charge in [0.25, 0.3) is 0 Å². The summed E-state index contributed by atoms with van der Waals surface area (Å²) in [5.41, 5.74) is 3.36. The van der Waals surface area contributed by atoms with Crippen molar-refractivity contribution in [2.75, 3.05) is 33.3 Å². The van der Waals surface area contributed by atoms with Gasteiger partial charge in [0.1, 0.15) is 0 Å². The molecular weight excluding hydrogens is 545 g/mol. The number of carbonyl (C=O) groups excluding carboxylic acids is 2. The van der Waals surface area contributed by atoms with Crippen LogP contribution in [0.3, 0.4) is 0 Å². The molecule has 0 radical (unpaired) electrons. The summed E-state index contributed by atoms with van der Waals surface area (Å²) in [4.78, 5) is 27.9. The first-order valence-electron chi connectivity index (χ1n) is 14.4. The van der Waals surface area contributed by atoms with E-state index >= 15 is 0 Å². The molecule has 7 nitrogen and oxygen atoms in total. The first-order valence-corrected chi connectivity index (χ1v) is 14.4. The second kappa shape index (κ2) is 12.3. The standard InChI is InChI=1S/C32H37F3N4O3/c1-37-21-26(20-36-37)25-10-6-7-23(17-25)19-31(12-15-38(16-13-31)14-11-29(40)42-2)22-39(30(41)32(33,34)35)28-18-27(28)24-8-4-3-5-9-24/h3-10,17,20-21,27-28H,11-16,18-19,22H2,1-2H3. The molecule has 1 aliphatic carbocycles. The third-order valence-electron chi connectivity index (χ3n) is 8.71. The molecule has 2 heterocycles. The highest BCUT2D eigenvalue weighted by Crippen LogP contribution is 2.48. The molecular formula is C32H37F3N4O3. The number of rotatable bonds is 10. The number of alkyl halides is 3. The highest BCUT2D eigenvalue weighted by Gasteiger charge is 2.54. The minimum atomic E-state index is -4.95. The first kappa shape index (κ1) is 29.8. The van der Waals surface area contributed by atoms with Gasteiger partial charge in [0.15, 0.2) is 0 Å². The Morgan fingerprint density at radius 3 is 2.45 bits per heavy atom. The lowest BCUT2D eigenvalue weighted by Crippen LogP contribution is -2.52.